The third-order valence-electron chi connectivity index (χ3n) is 2.67. The molecule has 2 rings (SSSR count). The van der Waals surface area contributed by atoms with E-state index in [-0.39, 0.29) is 6.54 Å². The molecule has 6 nitrogen and oxygen atoms in total. The molecule has 2 aromatic rings. The zero-order valence-corrected chi connectivity index (χ0v) is 10.8. The molecular weight excluding hydrogens is 246 g/mol. The van der Waals surface area contributed by atoms with Crippen molar-refractivity contribution in [3.63, 3.8) is 0 Å². The Balaban J connectivity index is 2.05. The van der Waals surface area contributed by atoms with Crippen LogP contribution < -0.4 is 5.32 Å². The summed E-state index contributed by atoms with van der Waals surface area (Å²) in [4.78, 5) is 14.9. The number of carboxylic acids is 1. The lowest BCUT2D eigenvalue weighted by atomic mass is 10.1. The summed E-state index contributed by atoms with van der Waals surface area (Å²) >= 11 is 0. The minimum atomic E-state index is -0.914. The van der Waals surface area contributed by atoms with Gasteiger partial charge in [-0.2, -0.15) is 4.98 Å². The van der Waals surface area contributed by atoms with Crippen LogP contribution in [-0.4, -0.2) is 27.3 Å². The Bertz CT molecular complexity index is 580. The van der Waals surface area contributed by atoms with E-state index < -0.39 is 12.0 Å². The number of aromatic nitrogens is 2. The van der Waals surface area contributed by atoms with Crippen LogP contribution in [-0.2, 0) is 11.3 Å². The Hall–Kier alpha value is -2.21. The molecule has 1 atom stereocenters. The first-order chi connectivity index (χ1) is 9.06. The quantitative estimate of drug-likeness (QED) is 0.850. The highest BCUT2D eigenvalue weighted by Crippen LogP contribution is 2.17. The number of hydrogen-bond acceptors (Lipinski definition) is 5. The summed E-state index contributed by atoms with van der Waals surface area (Å²) in [6, 6.07) is 7.08. The molecule has 1 aromatic carbocycles. The average molecular weight is 261 g/mol. The van der Waals surface area contributed by atoms with Gasteiger partial charge < -0.3 is 9.63 Å². The first-order valence-electron chi connectivity index (χ1n) is 5.92. The molecule has 6 heteroatoms. The SMILES string of the molecule is Cc1cccc(-c2nc(CN[C@H](C)C(=O)O)no2)c1. The van der Waals surface area contributed by atoms with E-state index in [1.165, 1.54) is 0 Å². The lowest BCUT2D eigenvalue weighted by molar-refractivity contribution is -0.139. The lowest BCUT2D eigenvalue weighted by Gasteiger charge is -2.05. The smallest absolute Gasteiger partial charge is 0.320 e. The normalized spacial score (nSPS) is 12.3. The van der Waals surface area contributed by atoms with Crippen molar-refractivity contribution in [1.82, 2.24) is 15.5 Å². The van der Waals surface area contributed by atoms with Crippen molar-refractivity contribution in [1.29, 1.82) is 0 Å². The maximum absolute atomic E-state index is 10.7. The van der Waals surface area contributed by atoms with Crippen LogP contribution in [0, 0.1) is 6.92 Å². The average Bonchev–Trinajstić information content (AvgIpc) is 2.84. The van der Waals surface area contributed by atoms with Crippen LogP contribution in [0.1, 0.15) is 18.3 Å². The number of aryl methyl sites for hydroxylation is 1. The molecule has 0 aliphatic carbocycles. The van der Waals surface area contributed by atoms with Crippen LogP contribution in [0.4, 0.5) is 0 Å². The van der Waals surface area contributed by atoms with Gasteiger partial charge in [0.25, 0.3) is 5.89 Å². The Kier molecular flexibility index (Phi) is 3.91. The Morgan fingerprint density at radius 3 is 3.00 bits per heavy atom. The van der Waals surface area contributed by atoms with Crippen molar-refractivity contribution < 1.29 is 14.4 Å². The van der Waals surface area contributed by atoms with Gasteiger partial charge in [0, 0.05) is 5.56 Å². The summed E-state index contributed by atoms with van der Waals surface area (Å²) < 4.78 is 5.15. The van der Waals surface area contributed by atoms with E-state index in [4.69, 9.17) is 9.63 Å². The number of benzene rings is 1. The second-order valence-corrected chi connectivity index (χ2v) is 4.33. The van der Waals surface area contributed by atoms with Gasteiger partial charge in [-0.25, -0.2) is 0 Å². The molecule has 0 aliphatic heterocycles. The highest BCUT2D eigenvalue weighted by molar-refractivity contribution is 5.72. The zero-order chi connectivity index (χ0) is 13.8. The van der Waals surface area contributed by atoms with Gasteiger partial charge in [0.1, 0.15) is 6.04 Å². The molecule has 0 amide bonds. The minimum Gasteiger partial charge on any atom is -0.480 e. The predicted molar refractivity (Wildman–Crippen MR) is 68.4 cm³/mol. The molecule has 1 aromatic heterocycles. The molecule has 0 fully saturated rings. The maximum atomic E-state index is 10.7. The van der Waals surface area contributed by atoms with Crippen LogP contribution in [0.3, 0.4) is 0 Å². The molecule has 0 spiro atoms. The molecule has 1 heterocycles. The molecule has 2 N–H and O–H groups in total. The van der Waals surface area contributed by atoms with Gasteiger partial charge in [0.15, 0.2) is 5.82 Å². The van der Waals surface area contributed by atoms with Crippen molar-refractivity contribution >= 4 is 5.97 Å². The van der Waals surface area contributed by atoms with Gasteiger partial charge >= 0.3 is 5.97 Å². The molecule has 0 aliphatic rings. The fraction of sp³-hybridized carbons (Fsp3) is 0.308. The minimum absolute atomic E-state index is 0.253. The van der Waals surface area contributed by atoms with E-state index in [0.717, 1.165) is 11.1 Å². The predicted octanol–water partition coefficient (Wildman–Crippen LogP) is 1.61. The first-order valence-corrected chi connectivity index (χ1v) is 5.92. The number of carbonyl (C=O) groups is 1. The number of hydrogen-bond donors (Lipinski definition) is 2. The first kappa shape index (κ1) is 13.2. The highest BCUT2D eigenvalue weighted by atomic mass is 16.5. The summed E-state index contributed by atoms with van der Waals surface area (Å²) in [5, 5.41) is 15.3. The monoisotopic (exact) mass is 261 g/mol. The molecule has 0 saturated carbocycles. The van der Waals surface area contributed by atoms with Gasteiger partial charge in [-0.15, -0.1) is 0 Å². The van der Waals surface area contributed by atoms with Gasteiger partial charge in [0.2, 0.25) is 0 Å². The van der Waals surface area contributed by atoms with Crippen molar-refractivity contribution in [3.8, 4) is 11.5 Å². The molecule has 0 bridgehead atoms. The largest absolute Gasteiger partial charge is 0.480 e. The molecule has 0 saturated heterocycles. The fourth-order valence-electron chi connectivity index (χ4n) is 1.55. The lowest BCUT2D eigenvalue weighted by Crippen LogP contribution is -2.33. The molecule has 0 unspecified atom stereocenters. The summed E-state index contributed by atoms with van der Waals surface area (Å²) in [7, 11) is 0. The van der Waals surface area contributed by atoms with Gasteiger partial charge in [-0.1, -0.05) is 22.9 Å². The van der Waals surface area contributed by atoms with Gasteiger partial charge in [-0.3, -0.25) is 10.1 Å². The maximum Gasteiger partial charge on any atom is 0.320 e. The number of nitrogens with one attached hydrogen (secondary N) is 1. The van der Waals surface area contributed by atoms with E-state index in [9.17, 15) is 4.79 Å². The third-order valence-corrected chi connectivity index (χ3v) is 2.67. The topological polar surface area (TPSA) is 88.2 Å². The van der Waals surface area contributed by atoms with Gasteiger partial charge in [-0.05, 0) is 26.0 Å². The van der Waals surface area contributed by atoms with E-state index in [2.05, 4.69) is 15.5 Å². The van der Waals surface area contributed by atoms with Crippen molar-refractivity contribution in [2.75, 3.05) is 0 Å². The van der Waals surface area contributed by atoms with Crippen LogP contribution in [0.2, 0.25) is 0 Å². The highest BCUT2D eigenvalue weighted by Gasteiger charge is 2.13. The summed E-state index contributed by atoms with van der Waals surface area (Å²) in [5.41, 5.74) is 1.96. The third kappa shape index (κ3) is 3.38. The van der Waals surface area contributed by atoms with E-state index in [1.807, 2.05) is 31.2 Å². The molecular formula is C13H15N3O3. The zero-order valence-electron chi connectivity index (χ0n) is 10.8. The van der Waals surface area contributed by atoms with E-state index in [0.29, 0.717) is 11.7 Å². The number of carboxylic acid groups (broad SMARTS) is 1. The Morgan fingerprint density at radius 1 is 1.53 bits per heavy atom. The van der Waals surface area contributed by atoms with Crippen molar-refractivity contribution in [2.24, 2.45) is 0 Å². The Labute approximate surface area is 110 Å². The number of nitrogens with zero attached hydrogens (tertiary/aromatic N) is 2. The summed E-state index contributed by atoms with van der Waals surface area (Å²) in [6.07, 6.45) is 0. The van der Waals surface area contributed by atoms with Crippen molar-refractivity contribution in [2.45, 2.75) is 26.4 Å². The fourth-order valence-corrected chi connectivity index (χ4v) is 1.55. The van der Waals surface area contributed by atoms with Crippen molar-refractivity contribution in [3.05, 3.63) is 35.7 Å². The second-order valence-electron chi connectivity index (χ2n) is 4.33. The number of rotatable bonds is 5. The summed E-state index contributed by atoms with van der Waals surface area (Å²) in [6.45, 7) is 3.80. The molecule has 0 radical (unpaired) electrons. The van der Waals surface area contributed by atoms with Crippen LogP contribution >= 0.6 is 0 Å². The molecule has 19 heavy (non-hydrogen) atoms. The second kappa shape index (κ2) is 5.62. The van der Waals surface area contributed by atoms with Crippen LogP contribution in [0.25, 0.3) is 11.5 Å². The van der Waals surface area contributed by atoms with E-state index in [1.54, 1.807) is 6.92 Å². The Morgan fingerprint density at radius 2 is 2.32 bits per heavy atom. The number of aliphatic carboxylic acids is 1. The standard InChI is InChI=1S/C13H15N3O3/c1-8-4-3-5-10(6-8)12-15-11(16-19-12)7-14-9(2)13(17)18/h3-6,9,14H,7H2,1-2H3,(H,17,18)/t9-/m1/s1. The van der Waals surface area contributed by atoms with E-state index >= 15 is 0 Å². The van der Waals surface area contributed by atoms with Crippen LogP contribution in [0.5, 0.6) is 0 Å². The molecule has 100 valence electrons. The van der Waals surface area contributed by atoms with Gasteiger partial charge in [0.05, 0.1) is 6.54 Å². The summed E-state index contributed by atoms with van der Waals surface area (Å²) in [5.74, 6) is -0.0458. The van der Waals surface area contributed by atoms with Crippen LogP contribution in [0.15, 0.2) is 28.8 Å².